The van der Waals surface area contributed by atoms with Gasteiger partial charge in [0, 0.05) is 12.6 Å². The topological polar surface area (TPSA) is 47.4 Å². The number of hydrogen-bond donors (Lipinski definition) is 0. The van der Waals surface area contributed by atoms with Crippen molar-refractivity contribution in [1.29, 1.82) is 0 Å². The molecule has 1 aliphatic carbocycles. The Morgan fingerprint density at radius 2 is 2.15 bits per heavy atom. The number of nitrogens with zero attached hydrogens (tertiary/aromatic N) is 3. The van der Waals surface area contributed by atoms with E-state index in [4.69, 9.17) is 27.9 Å². The summed E-state index contributed by atoms with van der Waals surface area (Å²) in [6, 6.07) is 0.376. The van der Waals surface area contributed by atoms with Gasteiger partial charge < -0.3 is 4.74 Å². The number of ether oxygens (including phenoxy) is 1. The molecular weight excluding hydrogens is 301 g/mol. The van der Waals surface area contributed by atoms with Crippen LogP contribution in [0.2, 0.25) is 10.0 Å². The zero-order valence-electron chi connectivity index (χ0n) is 11.1. The maximum absolute atomic E-state index is 12.0. The highest BCUT2D eigenvalue weighted by Gasteiger charge is 2.34. The first-order valence-corrected chi connectivity index (χ1v) is 7.69. The van der Waals surface area contributed by atoms with Crippen LogP contribution in [0, 0.1) is 0 Å². The summed E-state index contributed by atoms with van der Waals surface area (Å²) in [6.45, 7) is 1.97. The summed E-state index contributed by atoms with van der Waals surface area (Å²) in [4.78, 5) is 14.3. The predicted octanol–water partition coefficient (Wildman–Crippen LogP) is 2.15. The van der Waals surface area contributed by atoms with E-state index in [0.29, 0.717) is 19.3 Å². The zero-order chi connectivity index (χ0) is 14.1. The number of aromatic nitrogens is 2. The normalized spacial score (nSPS) is 27.3. The smallest absolute Gasteiger partial charge is 0.288 e. The lowest BCUT2D eigenvalue weighted by Gasteiger charge is -2.43. The molecule has 1 saturated heterocycles. The van der Waals surface area contributed by atoms with E-state index in [0.717, 1.165) is 19.4 Å². The molecule has 1 aliphatic heterocycles. The molecule has 0 bridgehead atoms. The van der Waals surface area contributed by atoms with Crippen LogP contribution in [0.5, 0.6) is 0 Å². The van der Waals surface area contributed by atoms with Crippen LogP contribution in [0.3, 0.4) is 0 Å². The second-order valence-electron chi connectivity index (χ2n) is 5.33. The van der Waals surface area contributed by atoms with E-state index in [1.807, 2.05) is 0 Å². The molecule has 110 valence electrons. The maximum atomic E-state index is 12.0. The Morgan fingerprint density at radius 1 is 1.35 bits per heavy atom. The van der Waals surface area contributed by atoms with Gasteiger partial charge in [0.1, 0.15) is 5.02 Å². The lowest BCUT2D eigenvalue weighted by molar-refractivity contribution is -0.0996. The molecule has 0 amide bonds. The standard InChI is InChI=1S/C13H17Cl2N3O2/c14-9-7-16-18(13(19)12(9)15)8-17-5-6-20-11-4-2-1-3-10(11)17/h7,10-11H,1-6,8H2/t10-,11-/m0/s1. The van der Waals surface area contributed by atoms with Crippen molar-refractivity contribution in [3.05, 3.63) is 26.6 Å². The van der Waals surface area contributed by atoms with Gasteiger partial charge in [-0.05, 0) is 12.8 Å². The summed E-state index contributed by atoms with van der Waals surface area (Å²) >= 11 is 11.7. The van der Waals surface area contributed by atoms with Gasteiger partial charge in [-0.2, -0.15) is 5.10 Å². The molecular formula is C13H17Cl2N3O2. The molecule has 1 aromatic rings. The first kappa shape index (κ1) is 14.3. The van der Waals surface area contributed by atoms with Crippen molar-refractivity contribution in [2.24, 2.45) is 0 Å². The van der Waals surface area contributed by atoms with Gasteiger partial charge in [-0.25, -0.2) is 4.68 Å². The van der Waals surface area contributed by atoms with Gasteiger partial charge in [0.05, 0.1) is 30.6 Å². The molecule has 2 heterocycles. The third-order valence-electron chi connectivity index (χ3n) is 4.11. The Morgan fingerprint density at radius 3 is 3.00 bits per heavy atom. The first-order valence-electron chi connectivity index (χ1n) is 6.93. The van der Waals surface area contributed by atoms with Crippen molar-refractivity contribution >= 4 is 23.2 Å². The summed E-state index contributed by atoms with van der Waals surface area (Å²) < 4.78 is 7.21. The van der Waals surface area contributed by atoms with E-state index in [-0.39, 0.29) is 21.7 Å². The summed E-state index contributed by atoms with van der Waals surface area (Å²) in [5.41, 5.74) is -0.335. The SMILES string of the molecule is O=c1c(Cl)c(Cl)cnn1CN1CCO[C@H]2CCCC[C@@H]21. The van der Waals surface area contributed by atoms with Gasteiger partial charge in [0.15, 0.2) is 0 Å². The van der Waals surface area contributed by atoms with Crippen LogP contribution in [0.25, 0.3) is 0 Å². The molecule has 3 rings (SSSR count). The quantitative estimate of drug-likeness (QED) is 0.838. The number of morpholine rings is 1. The molecule has 20 heavy (non-hydrogen) atoms. The molecule has 5 nitrogen and oxygen atoms in total. The summed E-state index contributed by atoms with van der Waals surface area (Å²) in [6.07, 6.45) is 6.36. The molecule has 0 radical (unpaired) electrons. The van der Waals surface area contributed by atoms with Gasteiger partial charge in [-0.15, -0.1) is 0 Å². The number of fused-ring (bicyclic) bond motifs is 1. The lowest BCUT2D eigenvalue weighted by Crippen LogP contribution is -2.53. The summed E-state index contributed by atoms with van der Waals surface area (Å²) in [7, 11) is 0. The maximum Gasteiger partial charge on any atom is 0.288 e. The highest BCUT2D eigenvalue weighted by atomic mass is 35.5. The van der Waals surface area contributed by atoms with Crippen LogP contribution < -0.4 is 5.56 Å². The Bertz CT molecular complexity index is 547. The van der Waals surface area contributed by atoms with Crippen molar-refractivity contribution in [2.45, 2.75) is 44.5 Å². The number of hydrogen-bond acceptors (Lipinski definition) is 4. The van der Waals surface area contributed by atoms with E-state index in [9.17, 15) is 4.79 Å². The van der Waals surface area contributed by atoms with Gasteiger partial charge in [0.25, 0.3) is 5.56 Å². The molecule has 0 spiro atoms. The van der Waals surface area contributed by atoms with Crippen LogP contribution in [-0.4, -0.2) is 40.0 Å². The molecule has 7 heteroatoms. The molecule has 0 N–H and O–H groups in total. The highest BCUT2D eigenvalue weighted by molar-refractivity contribution is 6.41. The fraction of sp³-hybridized carbons (Fsp3) is 0.692. The molecule has 2 atom stereocenters. The second-order valence-corrected chi connectivity index (χ2v) is 6.11. The number of halogens is 2. The van der Waals surface area contributed by atoms with Crippen molar-refractivity contribution in [3.8, 4) is 0 Å². The monoisotopic (exact) mass is 317 g/mol. The average molecular weight is 318 g/mol. The van der Waals surface area contributed by atoms with Crippen molar-refractivity contribution in [3.63, 3.8) is 0 Å². The minimum Gasteiger partial charge on any atom is -0.375 e. The van der Waals surface area contributed by atoms with Crippen LogP contribution in [0.15, 0.2) is 11.0 Å². The molecule has 0 aromatic carbocycles. The van der Waals surface area contributed by atoms with E-state index < -0.39 is 0 Å². The first-order chi connectivity index (χ1) is 9.66. The third kappa shape index (κ3) is 2.72. The molecule has 2 aliphatic rings. The lowest BCUT2D eigenvalue weighted by atomic mass is 9.90. The number of rotatable bonds is 2. The Kier molecular flexibility index (Phi) is 4.31. The van der Waals surface area contributed by atoms with Crippen molar-refractivity contribution in [1.82, 2.24) is 14.7 Å². The van der Waals surface area contributed by atoms with Crippen molar-refractivity contribution < 1.29 is 4.74 Å². The Labute approximate surface area is 127 Å². The van der Waals surface area contributed by atoms with E-state index in [1.54, 1.807) is 0 Å². The van der Waals surface area contributed by atoms with Crippen LogP contribution in [0.4, 0.5) is 0 Å². The van der Waals surface area contributed by atoms with Gasteiger partial charge in [-0.3, -0.25) is 9.69 Å². The summed E-state index contributed by atoms with van der Waals surface area (Å²) in [5, 5.41) is 4.31. The van der Waals surface area contributed by atoms with Crippen LogP contribution >= 0.6 is 23.2 Å². The molecule has 2 fully saturated rings. The van der Waals surface area contributed by atoms with Crippen LogP contribution in [-0.2, 0) is 11.4 Å². The fourth-order valence-corrected chi connectivity index (χ4v) is 3.34. The average Bonchev–Trinajstić information content (AvgIpc) is 2.48. The Hall–Kier alpha value is -0.620. The molecule has 1 saturated carbocycles. The van der Waals surface area contributed by atoms with Crippen LogP contribution in [0.1, 0.15) is 25.7 Å². The third-order valence-corrected chi connectivity index (χ3v) is 4.85. The van der Waals surface area contributed by atoms with E-state index in [1.165, 1.54) is 23.7 Å². The predicted molar refractivity (Wildman–Crippen MR) is 77.2 cm³/mol. The zero-order valence-corrected chi connectivity index (χ0v) is 12.6. The van der Waals surface area contributed by atoms with E-state index >= 15 is 0 Å². The highest BCUT2D eigenvalue weighted by Crippen LogP contribution is 2.28. The van der Waals surface area contributed by atoms with Crippen molar-refractivity contribution in [2.75, 3.05) is 13.2 Å². The molecule has 1 aromatic heterocycles. The minimum absolute atomic E-state index is 0.0371. The Balaban J connectivity index is 1.80. The minimum atomic E-state index is -0.335. The largest absolute Gasteiger partial charge is 0.375 e. The fourth-order valence-electron chi connectivity index (χ4n) is 3.07. The van der Waals surface area contributed by atoms with E-state index in [2.05, 4.69) is 10.00 Å². The van der Waals surface area contributed by atoms with Gasteiger partial charge in [-0.1, -0.05) is 36.0 Å². The summed E-state index contributed by atoms with van der Waals surface area (Å²) in [5.74, 6) is 0. The van der Waals surface area contributed by atoms with Gasteiger partial charge >= 0.3 is 0 Å². The molecule has 0 unspecified atom stereocenters. The van der Waals surface area contributed by atoms with Gasteiger partial charge in [0.2, 0.25) is 0 Å². The second kappa shape index (κ2) is 6.02.